The van der Waals surface area contributed by atoms with Crippen LogP contribution in [0.4, 0.5) is 5.69 Å². The number of hydrogen-bond acceptors (Lipinski definition) is 4. The van der Waals surface area contributed by atoms with Gasteiger partial charge in [-0.15, -0.1) is 0 Å². The van der Waals surface area contributed by atoms with Crippen LogP contribution >= 0.6 is 0 Å². The van der Waals surface area contributed by atoms with Crippen LogP contribution in [0.25, 0.3) is 21.9 Å². The van der Waals surface area contributed by atoms with Gasteiger partial charge in [0.15, 0.2) is 0 Å². The van der Waals surface area contributed by atoms with Gasteiger partial charge >= 0.3 is 0 Å². The summed E-state index contributed by atoms with van der Waals surface area (Å²) in [6, 6.07) is 15.1. The van der Waals surface area contributed by atoms with Crippen LogP contribution in [0, 0.1) is 0 Å². The smallest absolute Gasteiger partial charge is 0.229 e. The summed E-state index contributed by atoms with van der Waals surface area (Å²) in [5.74, 6) is -0.0359. The zero-order valence-electron chi connectivity index (χ0n) is 12.3. The van der Waals surface area contributed by atoms with Crippen molar-refractivity contribution >= 4 is 26.5 Å². The standard InChI is InChI=1S/C17H15NO4S/c1-23(21,22)18-12-7-9-15(19)14(10-12)17-13-5-3-2-4-11(13)6-8-16(17)20/h2-10,18-20H,1H3. The maximum absolute atomic E-state index is 11.4. The molecule has 23 heavy (non-hydrogen) atoms. The minimum atomic E-state index is -3.44. The van der Waals surface area contributed by atoms with Gasteiger partial charge in [0, 0.05) is 16.8 Å². The zero-order chi connectivity index (χ0) is 16.6. The Bertz CT molecular complexity index is 997. The van der Waals surface area contributed by atoms with E-state index in [1.165, 1.54) is 18.2 Å². The highest BCUT2D eigenvalue weighted by atomic mass is 32.2. The molecule has 3 aromatic rings. The summed E-state index contributed by atoms with van der Waals surface area (Å²) < 4.78 is 25.1. The molecule has 0 saturated carbocycles. The SMILES string of the molecule is CS(=O)(=O)Nc1ccc(O)c(-c2c(O)ccc3ccccc23)c1. The quantitative estimate of drug-likeness (QED) is 0.644. The second kappa shape index (κ2) is 5.48. The van der Waals surface area contributed by atoms with E-state index in [1.807, 2.05) is 24.3 Å². The molecule has 0 aliphatic rings. The predicted octanol–water partition coefficient (Wildman–Crippen LogP) is 3.29. The second-order valence-electron chi connectivity index (χ2n) is 5.29. The van der Waals surface area contributed by atoms with Gasteiger partial charge < -0.3 is 10.2 Å². The average molecular weight is 329 g/mol. The van der Waals surface area contributed by atoms with Crippen molar-refractivity contribution in [1.29, 1.82) is 0 Å². The molecule has 6 heteroatoms. The minimum absolute atomic E-state index is 0.00973. The largest absolute Gasteiger partial charge is 0.507 e. The topological polar surface area (TPSA) is 86.6 Å². The van der Waals surface area contributed by atoms with Crippen molar-refractivity contribution in [2.24, 2.45) is 0 Å². The maximum Gasteiger partial charge on any atom is 0.229 e. The van der Waals surface area contributed by atoms with Crippen LogP contribution in [0.3, 0.4) is 0 Å². The molecule has 0 unspecified atom stereocenters. The van der Waals surface area contributed by atoms with Gasteiger partial charge in [-0.25, -0.2) is 8.42 Å². The van der Waals surface area contributed by atoms with E-state index in [0.29, 0.717) is 16.8 Å². The van der Waals surface area contributed by atoms with Crippen molar-refractivity contribution in [2.75, 3.05) is 11.0 Å². The van der Waals surface area contributed by atoms with Gasteiger partial charge in [0.25, 0.3) is 0 Å². The molecular formula is C17H15NO4S. The van der Waals surface area contributed by atoms with Crippen LogP contribution in [-0.4, -0.2) is 24.9 Å². The van der Waals surface area contributed by atoms with Gasteiger partial charge in [-0.2, -0.15) is 0 Å². The summed E-state index contributed by atoms with van der Waals surface area (Å²) in [5.41, 5.74) is 1.12. The Morgan fingerprint density at radius 1 is 0.913 bits per heavy atom. The van der Waals surface area contributed by atoms with Crippen molar-refractivity contribution in [3.63, 3.8) is 0 Å². The van der Waals surface area contributed by atoms with Crippen LogP contribution in [0.5, 0.6) is 11.5 Å². The molecule has 0 amide bonds. The Morgan fingerprint density at radius 2 is 1.61 bits per heavy atom. The highest BCUT2D eigenvalue weighted by Gasteiger charge is 2.14. The lowest BCUT2D eigenvalue weighted by molar-refractivity contribution is 0.470. The number of hydrogen-bond donors (Lipinski definition) is 3. The molecule has 0 saturated heterocycles. The van der Waals surface area contributed by atoms with Crippen molar-refractivity contribution in [2.45, 2.75) is 0 Å². The van der Waals surface area contributed by atoms with E-state index in [9.17, 15) is 18.6 Å². The lowest BCUT2D eigenvalue weighted by atomic mass is 9.96. The number of benzene rings is 3. The van der Waals surface area contributed by atoms with Crippen LogP contribution in [0.15, 0.2) is 54.6 Å². The van der Waals surface area contributed by atoms with Crippen LogP contribution in [0.2, 0.25) is 0 Å². The summed E-state index contributed by atoms with van der Waals surface area (Å²) in [4.78, 5) is 0. The van der Waals surface area contributed by atoms with E-state index in [4.69, 9.17) is 0 Å². The predicted molar refractivity (Wildman–Crippen MR) is 91.2 cm³/mol. The number of anilines is 1. The molecule has 0 atom stereocenters. The van der Waals surface area contributed by atoms with Crippen molar-refractivity contribution in [3.8, 4) is 22.6 Å². The first-order valence-corrected chi connectivity index (χ1v) is 8.76. The normalized spacial score (nSPS) is 11.5. The van der Waals surface area contributed by atoms with E-state index in [1.54, 1.807) is 12.1 Å². The fourth-order valence-corrected chi connectivity index (χ4v) is 3.11. The number of phenolic OH excluding ortho intramolecular Hbond substituents is 2. The Morgan fingerprint density at radius 3 is 2.35 bits per heavy atom. The summed E-state index contributed by atoms with van der Waals surface area (Å²) in [6.07, 6.45) is 1.05. The van der Waals surface area contributed by atoms with E-state index < -0.39 is 10.0 Å². The third-order valence-corrected chi connectivity index (χ3v) is 4.08. The summed E-state index contributed by atoms with van der Waals surface area (Å²) in [6.45, 7) is 0. The van der Waals surface area contributed by atoms with Gasteiger partial charge in [0.2, 0.25) is 10.0 Å². The average Bonchev–Trinajstić information content (AvgIpc) is 2.48. The first-order chi connectivity index (χ1) is 10.8. The second-order valence-corrected chi connectivity index (χ2v) is 7.04. The fraction of sp³-hybridized carbons (Fsp3) is 0.0588. The van der Waals surface area contributed by atoms with Gasteiger partial charge in [0.1, 0.15) is 11.5 Å². The third-order valence-electron chi connectivity index (χ3n) is 3.48. The molecule has 0 radical (unpaired) electrons. The molecule has 0 fully saturated rings. The number of fused-ring (bicyclic) bond motifs is 1. The lowest BCUT2D eigenvalue weighted by Crippen LogP contribution is -2.09. The van der Waals surface area contributed by atoms with Crippen molar-refractivity contribution < 1.29 is 18.6 Å². The molecule has 3 aromatic carbocycles. The summed E-state index contributed by atoms with van der Waals surface area (Å²) >= 11 is 0. The zero-order valence-corrected chi connectivity index (χ0v) is 13.1. The molecule has 3 N–H and O–H groups in total. The molecule has 5 nitrogen and oxygen atoms in total. The first-order valence-electron chi connectivity index (χ1n) is 6.87. The van der Waals surface area contributed by atoms with Gasteiger partial charge in [0.05, 0.1) is 6.26 Å². The Balaban J connectivity index is 2.26. The van der Waals surface area contributed by atoms with E-state index in [0.717, 1.165) is 17.0 Å². The lowest BCUT2D eigenvalue weighted by Gasteiger charge is -2.13. The van der Waals surface area contributed by atoms with Crippen LogP contribution in [-0.2, 0) is 10.0 Å². The molecule has 0 aromatic heterocycles. The van der Waals surface area contributed by atoms with E-state index >= 15 is 0 Å². The van der Waals surface area contributed by atoms with Crippen LogP contribution < -0.4 is 4.72 Å². The molecule has 0 aliphatic heterocycles. The summed E-state index contributed by atoms with van der Waals surface area (Å²) in [7, 11) is -3.44. The van der Waals surface area contributed by atoms with E-state index in [-0.39, 0.29) is 11.5 Å². The van der Waals surface area contributed by atoms with Crippen molar-refractivity contribution in [1.82, 2.24) is 0 Å². The number of aromatic hydroxyl groups is 2. The molecule has 0 bridgehead atoms. The first kappa shape index (κ1) is 15.2. The third kappa shape index (κ3) is 3.07. The maximum atomic E-state index is 11.4. The summed E-state index contributed by atoms with van der Waals surface area (Å²) in [5, 5.41) is 22.1. The highest BCUT2D eigenvalue weighted by molar-refractivity contribution is 7.92. The Hall–Kier alpha value is -2.73. The molecule has 0 heterocycles. The number of phenols is 2. The fourth-order valence-electron chi connectivity index (χ4n) is 2.56. The number of nitrogens with one attached hydrogen (secondary N) is 1. The van der Waals surface area contributed by atoms with Gasteiger partial charge in [-0.1, -0.05) is 30.3 Å². The van der Waals surface area contributed by atoms with Crippen LogP contribution in [0.1, 0.15) is 0 Å². The van der Waals surface area contributed by atoms with Crippen molar-refractivity contribution in [3.05, 3.63) is 54.6 Å². The highest BCUT2D eigenvalue weighted by Crippen LogP contribution is 2.41. The molecule has 3 rings (SSSR count). The van der Waals surface area contributed by atoms with Gasteiger partial charge in [-0.05, 0) is 35.0 Å². The van der Waals surface area contributed by atoms with Gasteiger partial charge in [-0.3, -0.25) is 4.72 Å². The Kier molecular flexibility index (Phi) is 3.61. The molecular weight excluding hydrogens is 314 g/mol. The molecule has 0 spiro atoms. The monoisotopic (exact) mass is 329 g/mol. The van der Waals surface area contributed by atoms with E-state index in [2.05, 4.69) is 4.72 Å². The molecule has 118 valence electrons. The number of sulfonamides is 1. The number of rotatable bonds is 3. The minimum Gasteiger partial charge on any atom is -0.507 e. The Labute approximate surface area is 133 Å². The molecule has 0 aliphatic carbocycles.